The molecule has 6 heteroatoms. The summed E-state index contributed by atoms with van der Waals surface area (Å²) in [7, 11) is 3.33. The van der Waals surface area contributed by atoms with Crippen molar-refractivity contribution < 1.29 is 9.18 Å². The van der Waals surface area contributed by atoms with E-state index in [4.69, 9.17) is 5.73 Å². The highest BCUT2D eigenvalue weighted by atomic mass is 19.1. The average Bonchev–Trinajstić information content (AvgIpc) is 2.86. The smallest absolute Gasteiger partial charge is 0.273 e. The molecule has 1 aromatic heterocycles. The summed E-state index contributed by atoms with van der Waals surface area (Å²) in [4.78, 5) is 13.3. The van der Waals surface area contributed by atoms with Crippen molar-refractivity contribution in [3.05, 3.63) is 47.5 Å². The van der Waals surface area contributed by atoms with Crippen molar-refractivity contribution in [2.45, 2.75) is 19.4 Å². The molecule has 0 aliphatic heterocycles. The first-order valence-corrected chi connectivity index (χ1v) is 6.70. The van der Waals surface area contributed by atoms with Crippen molar-refractivity contribution >= 4 is 5.91 Å². The van der Waals surface area contributed by atoms with E-state index in [0.717, 1.165) is 11.3 Å². The lowest BCUT2D eigenvalue weighted by molar-refractivity contribution is 0.0821. The van der Waals surface area contributed by atoms with Crippen LogP contribution in [-0.2, 0) is 6.42 Å². The van der Waals surface area contributed by atoms with E-state index in [-0.39, 0.29) is 17.8 Å². The van der Waals surface area contributed by atoms with Gasteiger partial charge in [-0.3, -0.25) is 4.79 Å². The number of halogens is 1. The first-order valence-electron chi connectivity index (χ1n) is 6.70. The van der Waals surface area contributed by atoms with E-state index < -0.39 is 0 Å². The van der Waals surface area contributed by atoms with Crippen molar-refractivity contribution in [2.24, 2.45) is 5.73 Å². The lowest BCUT2D eigenvalue weighted by atomic mass is 10.1. The molecule has 112 valence electrons. The van der Waals surface area contributed by atoms with E-state index in [1.54, 1.807) is 37.1 Å². The zero-order valence-electron chi connectivity index (χ0n) is 12.4. The summed E-state index contributed by atoms with van der Waals surface area (Å²) in [5.41, 5.74) is 7.63. The van der Waals surface area contributed by atoms with Gasteiger partial charge in [-0.1, -0.05) is 0 Å². The highest BCUT2D eigenvalue weighted by Crippen LogP contribution is 2.18. The molecule has 21 heavy (non-hydrogen) atoms. The number of carbonyl (C=O) groups is 1. The van der Waals surface area contributed by atoms with Gasteiger partial charge >= 0.3 is 0 Å². The van der Waals surface area contributed by atoms with Crippen molar-refractivity contribution in [2.75, 3.05) is 14.1 Å². The molecule has 2 aromatic rings. The predicted molar refractivity (Wildman–Crippen MR) is 78.9 cm³/mol. The summed E-state index contributed by atoms with van der Waals surface area (Å²) in [6.07, 6.45) is 2.22. The Hall–Kier alpha value is -2.21. The molecule has 0 bridgehead atoms. The van der Waals surface area contributed by atoms with E-state index in [1.165, 1.54) is 17.0 Å². The minimum Gasteiger partial charge on any atom is -0.343 e. The summed E-state index contributed by atoms with van der Waals surface area (Å²) in [6.45, 7) is 1.86. The Morgan fingerprint density at radius 2 is 2.14 bits per heavy atom. The number of benzene rings is 1. The van der Waals surface area contributed by atoms with Gasteiger partial charge in [0, 0.05) is 26.3 Å². The number of nitrogens with two attached hydrogens (primary N) is 1. The Labute approximate surface area is 123 Å². The predicted octanol–water partition coefficient (Wildman–Crippen LogP) is 1.60. The number of hydrogen-bond acceptors (Lipinski definition) is 3. The third-order valence-corrected chi connectivity index (χ3v) is 3.04. The number of amides is 1. The number of aromatic nitrogens is 2. The Bertz CT molecular complexity index is 649. The zero-order valence-corrected chi connectivity index (χ0v) is 12.4. The minimum absolute atomic E-state index is 0.0935. The maximum Gasteiger partial charge on any atom is 0.273 e. The molecular weight excluding hydrogens is 271 g/mol. The number of rotatable bonds is 4. The summed E-state index contributed by atoms with van der Waals surface area (Å²) in [5, 5.41) is 4.26. The second-order valence-corrected chi connectivity index (χ2v) is 5.30. The van der Waals surface area contributed by atoms with Crippen LogP contribution in [-0.4, -0.2) is 40.7 Å². The van der Waals surface area contributed by atoms with Crippen LogP contribution in [0.3, 0.4) is 0 Å². The molecule has 0 saturated heterocycles. The highest BCUT2D eigenvalue weighted by molar-refractivity contribution is 5.91. The lowest BCUT2D eigenvalue weighted by Crippen LogP contribution is -2.22. The van der Waals surface area contributed by atoms with E-state index in [1.807, 2.05) is 6.92 Å². The molecule has 0 aliphatic carbocycles. The normalized spacial score (nSPS) is 12.2. The van der Waals surface area contributed by atoms with Gasteiger partial charge in [-0.25, -0.2) is 9.07 Å². The van der Waals surface area contributed by atoms with Crippen LogP contribution < -0.4 is 5.73 Å². The summed E-state index contributed by atoms with van der Waals surface area (Å²) < 4.78 is 15.0. The molecule has 1 amide bonds. The fourth-order valence-corrected chi connectivity index (χ4v) is 2.09. The summed E-state index contributed by atoms with van der Waals surface area (Å²) >= 11 is 0. The molecule has 1 aromatic carbocycles. The van der Waals surface area contributed by atoms with E-state index in [2.05, 4.69) is 5.10 Å². The van der Waals surface area contributed by atoms with Crippen molar-refractivity contribution in [1.82, 2.24) is 14.7 Å². The second kappa shape index (κ2) is 6.05. The Morgan fingerprint density at radius 1 is 1.43 bits per heavy atom. The van der Waals surface area contributed by atoms with Crippen LogP contribution in [0.4, 0.5) is 4.39 Å². The Balaban J connectivity index is 2.40. The van der Waals surface area contributed by atoms with Crippen LogP contribution >= 0.6 is 0 Å². The van der Waals surface area contributed by atoms with Crippen LogP contribution in [0.5, 0.6) is 0 Å². The Morgan fingerprint density at radius 3 is 2.76 bits per heavy atom. The molecule has 2 rings (SSSR count). The molecular formula is C15H19FN4O. The van der Waals surface area contributed by atoms with Gasteiger partial charge in [0.25, 0.3) is 5.91 Å². The van der Waals surface area contributed by atoms with Crippen molar-refractivity contribution in [3.8, 4) is 5.69 Å². The Kier molecular flexibility index (Phi) is 4.37. The quantitative estimate of drug-likeness (QED) is 0.930. The molecule has 0 spiro atoms. The van der Waals surface area contributed by atoms with Crippen LogP contribution in [0.2, 0.25) is 0 Å². The standard InChI is InChI=1S/C15H19FN4O/c1-10(17)8-11-9-12(16)4-5-14(11)20-7-6-13(18-20)15(21)19(2)3/h4-7,9-10H,8,17H2,1-3H3. The van der Waals surface area contributed by atoms with Gasteiger partial charge in [-0.15, -0.1) is 0 Å². The monoisotopic (exact) mass is 290 g/mol. The van der Waals surface area contributed by atoms with Crippen LogP contribution in [0.25, 0.3) is 5.69 Å². The van der Waals surface area contributed by atoms with Gasteiger partial charge < -0.3 is 10.6 Å². The molecule has 1 heterocycles. The van der Waals surface area contributed by atoms with Gasteiger partial charge in [-0.05, 0) is 43.2 Å². The molecule has 1 atom stereocenters. The molecule has 0 saturated carbocycles. The van der Waals surface area contributed by atoms with Gasteiger partial charge in [0.2, 0.25) is 0 Å². The largest absolute Gasteiger partial charge is 0.343 e. The van der Waals surface area contributed by atoms with Crippen LogP contribution in [0.1, 0.15) is 23.0 Å². The lowest BCUT2D eigenvalue weighted by Gasteiger charge is -2.12. The second-order valence-electron chi connectivity index (χ2n) is 5.30. The average molecular weight is 290 g/mol. The number of hydrogen-bond donors (Lipinski definition) is 1. The third kappa shape index (κ3) is 3.46. The number of carbonyl (C=O) groups excluding carboxylic acids is 1. The fraction of sp³-hybridized carbons (Fsp3) is 0.333. The first kappa shape index (κ1) is 15.2. The molecule has 0 fully saturated rings. The number of nitrogens with zero attached hydrogens (tertiary/aromatic N) is 3. The maximum absolute atomic E-state index is 13.4. The van der Waals surface area contributed by atoms with Gasteiger partial charge in [0.15, 0.2) is 5.69 Å². The minimum atomic E-state index is -0.314. The van der Waals surface area contributed by atoms with Crippen LogP contribution in [0, 0.1) is 5.82 Å². The van der Waals surface area contributed by atoms with E-state index >= 15 is 0 Å². The highest BCUT2D eigenvalue weighted by Gasteiger charge is 2.14. The van der Waals surface area contributed by atoms with Gasteiger partial charge in [0.1, 0.15) is 5.82 Å². The first-order chi connectivity index (χ1) is 9.88. The van der Waals surface area contributed by atoms with Crippen molar-refractivity contribution in [3.63, 3.8) is 0 Å². The maximum atomic E-state index is 13.4. The SMILES string of the molecule is CC(N)Cc1cc(F)ccc1-n1ccc(C(=O)N(C)C)n1. The third-order valence-electron chi connectivity index (χ3n) is 3.04. The molecule has 1 unspecified atom stereocenters. The summed E-state index contributed by atoms with van der Waals surface area (Å²) in [6, 6.07) is 6.01. The molecule has 0 aliphatic rings. The van der Waals surface area contributed by atoms with Crippen LogP contribution in [0.15, 0.2) is 30.5 Å². The van der Waals surface area contributed by atoms with Crippen molar-refractivity contribution in [1.29, 1.82) is 0 Å². The molecule has 2 N–H and O–H groups in total. The van der Waals surface area contributed by atoms with Gasteiger partial charge in [0.05, 0.1) is 5.69 Å². The van der Waals surface area contributed by atoms with E-state index in [0.29, 0.717) is 12.1 Å². The summed E-state index contributed by atoms with van der Waals surface area (Å²) in [5.74, 6) is -0.490. The zero-order chi connectivity index (χ0) is 15.6. The fourth-order valence-electron chi connectivity index (χ4n) is 2.09. The van der Waals surface area contributed by atoms with E-state index in [9.17, 15) is 9.18 Å². The molecule has 0 radical (unpaired) electrons. The topological polar surface area (TPSA) is 64.2 Å². The van der Waals surface area contributed by atoms with Gasteiger partial charge in [-0.2, -0.15) is 5.10 Å². The molecule has 5 nitrogen and oxygen atoms in total.